The first-order valence-electron chi connectivity index (χ1n) is 4.97. The number of carboxylic acid groups (broad SMARTS) is 1. The molecule has 0 spiro atoms. The molecular formula is C10H8BrF3N2O4. The highest BCUT2D eigenvalue weighted by Gasteiger charge is 2.31. The second-order valence-electron chi connectivity index (χ2n) is 3.43. The first-order chi connectivity index (χ1) is 9.20. The number of rotatable bonds is 4. The lowest BCUT2D eigenvalue weighted by Crippen LogP contribution is -2.31. The van der Waals surface area contributed by atoms with Gasteiger partial charge >= 0.3 is 18.2 Å². The molecule has 20 heavy (non-hydrogen) atoms. The molecule has 1 rings (SSSR count). The fraction of sp³-hybridized carbons (Fsp3) is 0.200. The predicted octanol–water partition coefficient (Wildman–Crippen LogP) is 2.61. The Labute approximate surface area is 119 Å². The number of alkyl halides is 3. The summed E-state index contributed by atoms with van der Waals surface area (Å²) < 4.78 is 37.7. The molecule has 0 aliphatic carbocycles. The monoisotopic (exact) mass is 356 g/mol. The van der Waals surface area contributed by atoms with Gasteiger partial charge in [-0.25, -0.2) is 15.1 Å². The topological polar surface area (TPSA) is 87.7 Å². The highest BCUT2D eigenvalue weighted by Crippen LogP contribution is 2.33. The summed E-state index contributed by atoms with van der Waals surface area (Å²) in [7, 11) is 0. The minimum atomic E-state index is -4.55. The Kier molecular flexibility index (Phi) is 5.34. The van der Waals surface area contributed by atoms with Crippen LogP contribution in [0, 0.1) is 0 Å². The largest absolute Gasteiger partial charge is 0.479 e. The Hall–Kier alpha value is -1.81. The maximum Gasteiger partial charge on any atom is 0.416 e. The smallest absolute Gasteiger partial charge is 0.416 e. The molecule has 3 N–H and O–H groups in total. The molecule has 0 saturated heterocycles. The number of amides is 2. The zero-order valence-electron chi connectivity index (χ0n) is 9.62. The lowest BCUT2D eigenvalue weighted by atomic mass is 10.2. The van der Waals surface area contributed by atoms with Crippen LogP contribution in [0.15, 0.2) is 22.7 Å². The predicted molar refractivity (Wildman–Crippen MR) is 64.9 cm³/mol. The van der Waals surface area contributed by atoms with Crippen molar-refractivity contribution in [2.24, 2.45) is 0 Å². The van der Waals surface area contributed by atoms with Crippen molar-refractivity contribution < 1.29 is 32.7 Å². The third-order valence-electron chi connectivity index (χ3n) is 1.90. The molecule has 0 atom stereocenters. The number of carbonyl (C=O) groups excluding carboxylic acids is 1. The first-order valence-corrected chi connectivity index (χ1v) is 5.77. The summed E-state index contributed by atoms with van der Waals surface area (Å²) in [6.45, 7) is -0.781. The number of benzene rings is 1. The van der Waals surface area contributed by atoms with E-state index in [1.54, 1.807) is 5.48 Å². The number of halogens is 4. The van der Waals surface area contributed by atoms with E-state index in [0.29, 0.717) is 0 Å². The lowest BCUT2D eigenvalue weighted by molar-refractivity contribution is -0.144. The van der Waals surface area contributed by atoms with E-state index < -0.39 is 30.3 Å². The van der Waals surface area contributed by atoms with Gasteiger partial charge in [-0.15, -0.1) is 0 Å². The molecule has 0 heterocycles. The SMILES string of the molecule is O=C(O)CONC(=O)Nc1cc(C(F)(F)F)ccc1Br. The fourth-order valence-electron chi connectivity index (χ4n) is 1.11. The molecule has 0 aliphatic heterocycles. The number of anilines is 1. The maximum atomic E-state index is 12.5. The van der Waals surface area contributed by atoms with Crippen molar-refractivity contribution in [3.05, 3.63) is 28.2 Å². The molecule has 0 radical (unpaired) electrons. The van der Waals surface area contributed by atoms with Crippen molar-refractivity contribution in [2.75, 3.05) is 11.9 Å². The minimum Gasteiger partial charge on any atom is -0.479 e. The first kappa shape index (κ1) is 16.2. The second kappa shape index (κ2) is 6.57. The van der Waals surface area contributed by atoms with Crippen LogP contribution in [-0.2, 0) is 15.8 Å². The summed E-state index contributed by atoms with van der Waals surface area (Å²) in [5, 5.41) is 10.3. The van der Waals surface area contributed by atoms with Gasteiger partial charge in [0.15, 0.2) is 6.61 Å². The third kappa shape index (κ3) is 5.05. The fourth-order valence-corrected chi connectivity index (χ4v) is 1.45. The van der Waals surface area contributed by atoms with Crippen molar-refractivity contribution in [2.45, 2.75) is 6.18 Å². The molecule has 0 unspecified atom stereocenters. The van der Waals surface area contributed by atoms with Crippen molar-refractivity contribution in [3.63, 3.8) is 0 Å². The van der Waals surface area contributed by atoms with E-state index in [-0.39, 0.29) is 10.2 Å². The van der Waals surface area contributed by atoms with Gasteiger partial charge in [0, 0.05) is 4.47 Å². The van der Waals surface area contributed by atoms with Crippen LogP contribution in [0.4, 0.5) is 23.7 Å². The van der Waals surface area contributed by atoms with Crippen LogP contribution in [0.5, 0.6) is 0 Å². The number of hydroxylamine groups is 1. The van der Waals surface area contributed by atoms with E-state index in [0.717, 1.165) is 18.2 Å². The normalized spacial score (nSPS) is 11.0. The van der Waals surface area contributed by atoms with Crippen molar-refractivity contribution in [3.8, 4) is 0 Å². The number of nitrogens with one attached hydrogen (secondary N) is 2. The summed E-state index contributed by atoms with van der Waals surface area (Å²) in [5.74, 6) is -1.31. The lowest BCUT2D eigenvalue weighted by Gasteiger charge is -2.12. The molecule has 0 fully saturated rings. The maximum absolute atomic E-state index is 12.5. The Morgan fingerprint density at radius 1 is 1.35 bits per heavy atom. The summed E-state index contributed by atoms with van der Waals surface area (Å²) >= 11 is 2.97. The van der Waals surface area contributed by atoms with E-state index >= 15 is 0 Å². The van der Waals surface area contributed by atoms with Crippen LogP contribution in [0.1, 0.15) is 5.56 Å². The van der Waals surface area contributed by atoms with Crippen LogP contribution in [0.25, 0.3) is 0 Å². The van der Waals surface area contributed by atoms with E-state index in [1.165, 1.54) is 0 Å². The van der Waals surface area contributed by atoms with E-state index in [1.807, 2.05) is 0 Å². The number of aliphatic carboxylic acids is 1. The molecule has 10 heteroatoms. The summed E-state index contributed by atoms with van der Waals surface area (Å²) in [6.07, 6.45) is -4.55. The van der Waals surface area contributed by atoms with Gasteiger partial charge in [-0.05, 0) is 34.1 Å². The third-order valence-corrected chi connectivity index (χ3v) is 2.59. The zero-order chi connectivity index (χ0) is 15.3. The highest BCUT2D eigenvalue weighted by atomic mass is 79.9. The number of hydrogen-bond donors (Lipinski definition) is 3. The molecule has 0 aliphatic rings. The molecular weight excluding hydrogens is 349 g/mol. The van der Waals surface area contributed by atoms with Crippen molar-refractivity contribution in [1.82, 2.24) is 5.48 Å². The van der Waals surface area contributed by atoms with Gasteiger partial charge in [0.05, 0.1) is 11.3 Å². The van der Waals surface area contributed by atoms with Crippen LogP contribution < -0.4 is 10.8 Å². The van der Waals surface area contributed by atoms with Crippen LogP contribution in [0.2, 0.25) is 0 Å². The average Bonchev–Trinajstić information content (AvgIpc) is 2.30. The van der Waals surface area contributed by atoms with Gasteiger partial charge in [0.2, 0.25) is 0 Å². The Morgan fingerprint density at radius 3 is 2.55 bits per heavy atom. The van der Waals surface area contributed by atoms with E-state index in [2.05, 4.69) is 26.1 Å². The number of hydrogen-bond acceptors (Lipinski definition) is 3. The molecule has 0 aromatic heterocycles. The second-order valence-corrected chi connectivity index (χ2v) is 4.29. The van der Waals surface area contributed by atoms with Crippen molar-refractivity contribution >= 4 is 33.6 Å². The molecule has 110 valence electrons. The number of carbonyl (C=O) groups is 2. The number of urea groups is 1. The van der Waals surface area contributed by atoms with E-state index in [4.69, 9.17) is 5.11 Å². The molecule has 2 amide bonds. The average molecular weight is 357 g/mol. The summed E-state index contributed by atoms with van der Waals surface area (Å²) in [6, 6.07) is 1.68. The number of carboxylic acids is 1. The van der Waals surface area contributed by atoms with Gasteiger partial charge < -0.3 is 10.4 Å². The van der Waals surface area contributed by atoms with Crippen molar-refractivity contribution in [1.29, 1.82) is 0 Å². The quantitative estimate of drug-likeness (QED) is 0.723. The molecule has 1 aromatic rings. The van der Waals surface area contributed by atoms with Gasteiger partial charge in [0.25, 0.3) is 0 Å². The molecule has 6 nitrogen and oxygen atoms in total. The Bertz CT molecular complexity index is 522. The van der Waals surface area contributed by atoms with Crippen LogP contribution >= 0.6 is 15.9 Å². The van der Waals surface area contributed by atoms with E-state index in [9.17, 15) is 22.8 Å². The van der Waals surface area contributed by atoms with Crippen LogP contribution in [-0.4, -0.2) is 23.7 Å². The minimum absolute atomic E-state index is 0.142. The summed E-state index contributed by atoms with van der Waals surface area (Å²) in [4.78, 5) is 25.7. The van der Waals surface area contributed by atoms with Gasteiger partial charge in [0.1, 0.15) is 0 Å². The van der Waals surface area contributed by atoms with Gasteiger partial charge in [-0.3, -0.25) is 4.84 Å². The summed E-state index contributed by atoms with van der Waals surface area (Å²) in [5.41, 5.74) is 0.630. The Balaban J connectivity index is 2.71. The highest BCUT2D eigenvalue weighted by molar-refractivity contribution is 9.10. The zero-order valence-corrected chi connectivity index (χ0v) is 11.2. The molecule has 0 bridgehead atoms. The molecule has 0 saturated carbocycles. The standard InChI is InChI=1S/C10H8BrF3N2O4/c11-6-2-1-5(10(12,13)14)3-7(6)15-9(19)16-20-4-8(17)18/h1-3H,4H2,(H,17,18)(H2,15,16,19). The van der Waals surface area contributed by atoms with Crippen LogP contribution in [0.3, 0.4) is 0 Å². The Morgan fingerprint density at radius 2 is 2.00 bits per heavy atom. The molecule has 1 aromatic carbocycles. The van der Waals surface area contributed by atoms with Gasteiger partial charge in [-0.2, -0.15) is 13.2 Å². The van der Waals surface area contributed by atoms with Gasteiger partial charge in [-0.1, -0.05) is 0 Å².